The summed E-state index contributed by atoms with van der Waals surface area (Å²) in [4.78, 5) is 14.2. The summed E-state index contributed by atoms with van der Waals surface area (Å²) in [6, 6.07) is 5.11. The van der Waals surface area contributed by atoms with Crippen molar-refractivity contribution in [2.24, 2.45) is 0 Å². The van der Waals surface area contributed by atoms with Crippen LogP contribution in [0.25, 0.3) is 0 Å². The zero-order valence-electron chi connectivity index (χ0n) is 12.0. The average molecular weight is 279 g/mol. The first kappa shape index (κ1) is 14.7. The standard InChI is InChI=1S/C15H21NO4/c1-3-20-13-7-6-11(9-14(13)19-2)15(18)16-8-4-5-12(16)10-17/h6-7,9,12,17H,3-5,8,10H2,1-2H3/t12-/m0/s1. The molecule has 0 spiro atoms. The third kappa shape index (κ3) is 2.88. The predicted molar refractivity (Wildman–Crippen MR) is 75.3 cm³/mol. The van der Waals surface area contributed by atoms with Crippen molar-refractivity contribution >= 4 is 5.91 Å². The van der Waals surface area contributed by atoms with Gasteiger partial charge in [0.15, 0.2) is 11.5 Å². The minimum Gasteiger partial charge on any atom is -0.493 e. The zero-order valence-corrected chi connectivity index (χ0v) is 12.0. The van der Waals surface area contributed by atoms with Gasteiger partial charge in [-0.3, -0.25) is 4.79 Å². The molecule has 0 bridgehead atoms. The number of benzene rings is 1. The number of aliphatic hydroxyl groups excluding tert-OH is 1. The van der Waals surface area contributed by atoms with Crippen molar-refractivity contribution in [2.75, 3.05) is 26.9 Å². The Morgan fingerprint density at radius 2 is 2.25 bits per heavy atom. The summed E-state index contributed by atoms with van der Waals surface area (Å²) in [5, 5.41) is 9.31. The molecule has 0 saturated carbocycles. The van der Waals surface area contributed by atoms with Gasteiger partial charge >= 0.3 is 0 Å². The molecule has 1 aromatic rings. The molecule has 0 radical (unpaired) electrons. The minimum atomic E-state index is -0.0694. The Kier molecular flexibility index (Phi) is 4.84. The molecule has 0 aromatic heterocycles. The lowest BCUT2D eigenvalue weighted by atomic mass is 10.1. The Morgan fingerprint density at radius 3 is 2.90 bits per heavy atom. The molecular weight excluding hydrogens is 258 g/mol. The van der Waals surface area contributed by atoms with E-state index >= 15 is 0 Å². The van der Waals surface area contributed by atoms with E-state index in [1.54, 1.807) is 30.2 Å². The normalized spacial score (nSPS) is 18.1. The summed E-state index contributed by atoms with van der Waals surface area (Å²) in [6.07, 6.45) is 1.79. The highest BCUT2D eigenvalue weighted by atomic mass is 16.5. The maximum atomic E-state index is 12.5. The van der Waals surface area contributed by atoms with Gasteiger partial charge in [-0.25, -0.2) is 0 Å². The van der Waals surface area contributed by atoms with Crippen molar-refractivity contribution in [1.29, 1.82) is 0 Å². The van der Waals surface area contributed by atoms with Crippen LogP contribution < -0.4 is 9.47 Å². The molecule has 0 unspecified atom stereocenters. The van der Waals surface area contributed by atoms with Gasteiger partial charge in [0, 0.05) is 12.1 Å². The number of hydrogen-bond donors (Lipinski definition) is 1. The first-order valence-corrected chi connectivity index (χ1v) is 6.94. The quantitative estimate of drug-likeness (QED) is 0.891. The van der Waals surface area contributed by atoms with Crippen molar-refractivity contribution in [1.82, 2.24) is 4.90 Å². The molecule has 20 heavy (non-hydrogen) atoms. The van der Waals surface area contributed by atoms with Crippen molar-refractivity contribution in [2.45, 2.75) is 25.8 Å². The largest absolute Gasteiger partial charge is 0.493 e. The highest BCUT2D eigenvalue weighted by Gasteiger charge is 2.29. The lowest BCUT2D eigenvalue weighted by molar-refractivity contribution is 0.0677. The molecule has 1 saturated heterocycles. The van der Waals surface area contributed by atoms with E-state index in [1.165, 1.54) is 0 Å². The van der Waals surface area contributed by atoms with Crippen molar-refractivity contribution in [3.8, 4) is 11.5 Å². The van der Waals surface area contributed by atoms with Crippen molar-refractivity contribution in [3.63, 3.8) is 0 Å². The highest BCUT2D eigenvalue weighted by molar-refractivity contribution is 5.95. The Bertz CT molecular complexity index is 475. The summed E-state index contributed by atoms with van der Waals surface area (Å²) >= 11 is 0. The van der Waals surface area contributed by atoms with Crippen LogP contribution in [0.3, 0.4) is 0 Å². The van der Waals surface area contributed by atoms with Gasteiger partial charge in [0.25, 0.3) is 5.91 Å². The van der Waals surface area contributed by atoms with Crippen LogP contribution in [0.5, 0.6) is 11.5 Å². The highest BCUT2D eigenvalue weighted by Crippen LogP contribution is 2.29. The van der Waals surface area contributed by atoms with E-state index in [0.717, 1.165) is 12.8 Å². The third-order valence-electron chi connectivity index (χ3n) is 3.56. The topological polar surface area (TPSA) is 59.0 Å². The van der Waals surface area contributed by atoms with Crippen LogP contribution in [-0.4, -0.2) is 48.8 Å². The number of likely N-dealkylation sites (tertiary alicyclic amines) is 1. The second-order valence-electron chi connectivity index (χ2n) is 4.78. The fourth-order valence-corrected chi connectivity index (χ4v) is 2.53. The number of aliphatic hydroxyl groups is 1. The molecule has 1 atom stereocenters. The van der Waals surface area contributed by atoms with Gasteiger partial charge in [-0.05, 0) is 38.0 Å². The molecule has 5 heteroatoms. The van der Waals surface area contributed by atoms with Crippen LogP contribution in [0.15, 0.2) is 18.2 Å². The molecule has 110 valence electrons. The Hall–Kier alpha value is -1.75. The van der Waals surface area contributed by atoms with E-state index in [0.29, 0.717) is 30.2 Å². The summed E-state index contributed by atoms with van der Waals surface area (Å²) in [6.45, 7) is 3.15. The van der Waals surface area contributed by atoms with Crippen molar-refractivity contribution in [3.05, 3.63) is 23.8 Å². The van der Waals surface area contributed by atoms with Crippen LogP contribution in [0.2, 0.25) is 0 Å². The molecule has 1 N–H and O–H groups in total. The maximum absolute atomic E-state index is 12.5. The Balaban J connectivity index is 2.22. The molecule has 1 aliphatic heterocycles. The van der Waals surface area contributed by atoms with Crippen LogP contribution in [0.1, 0.15) is 30.1 Å². The number of methoxy groups -OCH3 is 1. The van der Waals surface area contributed by atoms with Crippen molar-refractivity contribution < 1.29 is 19.4 Å². The number of amides is 1. The molecule has 1 aromatic carbocycles. The van der Waals surface area contributed by atoms with E-state index in [1.807, 2.05) is 6.92 Å². The fourth-order valence-electron chi connectivity index (χ4n) is 2.53. The van der Waals surface area contributed by atoms with E-state index in [9.17, 15) is 9.90 Å². The van der Waals surface area contributed by atoms with Crippen LogP contribution >= 0.6 is 0 Å². The van der Waals surface area contributed by atoms with Gasteiger partial charge in [0.2, 0.25) is 0 Å². The number of nitrogens with zero attached hydrogens (tertiary/aromatic N) is 1. The summed E-state index contributed by atoms with van der Waals surface area (Å²) in [5.41, 5.74) is 0.561. The number of ether oxygens (including phenoxy) is 2. The zero-order chi connectivity index (χ0) is 14.5. The SMILES string of the molecule is CCOc1ccc(C(=O)N2CCC[C@H]2CO)cc1OC. The molecule has 2 rings (SSSR count). The lowest BCUT2D eigenvalue weighted by Crippen LogP contribution is -2.37. The van der Waals surface area contributed by atoms with Crippen LogP contribution in [0, 0.1) is 0 Å². The number of carbonyl (C=O) groups excluding carboxylic acids is 1. The number of carbonyl (C=O) groups is 1. The number of hydrogen-bond acceptors (Lipinski definition) is 4. The predicted octanol–water partition coefficient (Wildman–Crippen LogP) is 1.69. The van der Waals surface area contributed by atoms with Gasteiger partial charge < -0.3 is 19.5 Å². The molecular formula is C15H21NO4. The third-order valence-corrected chi connectivity index (χ3v) is 3.56. The van der Waals surface area contributed by atoms with Crippen LogP contribution in [0.4, 0.5) is 0 Å². The number of rotatable bonds is 5. The van der Waals surface area contributed by atoms with Crippen LogP contribution in [-0.2, 0) is 0 Å². The van der Waals surface area contributed by atoms with E-state index in [2.05, 4.69) is 0 Å². The Labute approximate surface area is 119 Å². The molecule has 0 aliphatic carbocycles. The maximum Gasteiger partial charge on any atom is 0.254 e. The molecule has 1 fully saturated rings. The smallest absolute Gasteiger partial charge is 0.254 e. The van der Waals surface area contributed by atoms with Gasteiger partial charge in [-0.2, -0.15) is 0 Å². The lowest BCUT2D eigenvalue weighted by Gasteiger charge is -2.23. The second-order valence-corrected chi connectivity index (χ2v) is 4.78. The second kappa shape index (κ2) is 6.61. The molecule has 5 nitrogen and oxygen atoms in total. The monoisotopic (exact) mass is 279 g/mol. The van der Waals surface area contributed by atoms with Gasteiger partial charge in [-0.1, -0.05) is 0 Å². The molecule has 1 heterocycles. The van der Waals surface area contributed by atoms with E-state index in [4.69, 9.17) is 9.47 Å². The summed E-state index contributed by atoms with van der Waals surface area (Å²) < 4.78 is 10.7. The van der Waals surface area contributed by atoms with Gasteiger partial charge in [0.05, 0.1) is 26.4 Å². The van der Waals surface area contributed by atoms with E-state index < -0.39 is 0 Å². The molecule has 1 aliphatic rings. The van der Waals surface area contributed by atoms with E-state index in [-0.39, 0.29) is 18.6 Å². The summed E-state index contributed by atoms with van der Waals surface area (Å²) in [7, 11) is 1.55. The minimum absolute atomic E-state index is 0.0138. The average Bonchev–Trinajstić information content (AvgIpc) is 2.95. The first-order chi connectivity index (χ1) is 9.71. The van der Waals surface area contributed by atoms with Gasteiger partial charge in [-0.15, -0.1) is 0 Å². The van der Waals surface area contributed by atoms with Gasteiger partial charge in [0.1, 0.15) is 0 Å². The fraction of sp³-hybridized carbons (Fsp3) is 0.533. The summed E-state index contributed by atoms with van der Waals surface area (Å²) in [5.74, 6) is 1.12. The molecule has 1 amide bonds. The Morgan fingerprint density at radius 1 is 1.45 bits per heavy atom. The first-order valence-electron chi connectivity index (χ1n) is 6.94.